The summed E-state index contributed by atoms with van der Waals surface area (Å²) in [7, 11) is 1.27. The molecule has 0 radical (unpaired) electrons. The molecule has 0 aliphatic carbocycles. The van der Waals surface area contributed by atoms with Gasteiger partial charge in [-0.15, -0.1) is 11.3 Å². The molecule has 0 atom stereocenters. The number of carbonyl (C=O) groups excluding carboxylic acids is 1. The van der Waals surface area contributed by atoms with E-state index in [1.165, 1.54) is 18.4 Å². The van der Waals surface area contributed by atoms with Gasteiger partial charge in [0.1, 0.15) is 11.3 Å². The number of anilines is 1. The van der Waals surface area contributed by atoms with Gasteiger partial charge in [-0.2, -0.15) is 0 Å². The summed E-state index contributed by atoms with van der Waals surface area (Å²) in [5.74, 6) is -0.612. The third-order valence-corrected chi connectivity index (χ3v) is 2.23. The van der Waals surface area contributed by atoms with Gasteiger partial charge in [-0.3, -0.25) is 0 Å². The number of carbonyl (C=O) groups is 1. The number of nitrogens with zero attached hydrogens (tertiary/aromatic N) is 2. The molecule has 1 heterocycles. The second-order valence-electron chi connectivity index (χ2n) is 4.21. The lowest BCUT2D eigenvalue weighted by molar-refractivity contribution is -0.133. The predicted molar refractivity (Wildman–Crippen MR) is 65.9 cm³/mol. The number of methoxy groups -OCH3 is 1. The molecule has 0 amide bonds. The number of rotatable bonds is 3. The second-order valence-corrected chi connectivity index (χ2v) is 5.10. The van der Waals surface area contributed by atoms with Crippen molar-refractivity contribution in [3.8, 4) is 0 Å². The molecule has 0 aromatic carbocycles. The maximum atomic E-state index is 11.5. The summed E-state index contributed by atoms with van der Waals surface area (Å²) in [6.45, 7) is 5.46. The fraction of sp³-hybridized carbons (Fsp3) is 0.500. The van der Waals surface area contributed by atoms with E-state index in [0.29, 0.717) is 10.8 Å². The van der Waals surface area contributed by atoms with Gasteiger partial charge in [0.05, 0.1) is 7.11 Å². The van der Waals surface area contributed by atoms with Gasteiger partial charge < -0.3 is 15.3 Å². The fourth-order valence-electron chi connectivity index (χ4n) is 0.864. The highest BCUT2D eigenvalue weighted by molar-refractivity contribution is 7.13. The Labute approximate surface area is 103 Å². The van der Waals surface area contributed by atoms with Crippen LogP contribution in [-0.2, 0) is 14.4 Å². The van der Waals surface area contributed by atoms with Crippen LogP contribution in [-0.4, -0.2) is 29.4 Å². The van der Waals surface area contributed by atoms with E-state index in [9.17, 15) is 4.79 Å². The molecule has 0 fully saturated rings. The lowest BCUT2D eigenvalue weighted by Crippen LogP contribution is -2.22. The molecule has 0 aliphatic rings. The van der Waals surface area contributed by atoms with E-state index in [1.807, 2.05) is 20.8 Å². The minimum atomic E-state index is -0.612. The molecular formula is C10H15N3O3S. The maximum Gasteiger partial charge on any atom is 0.362 e. The summed E-state index contributed by atoms with van der Waals surface area (Å²) >= 11 is 1.22. The summed E-state index contributed by atoms with van der Waals surface area (Å²) in [5.41, 5.74) is 5.36. The SMILES string of the molecule is COC(=O)C(=NOC(C)(C)C)c1csc(N)n1. The highest BCUT2D eigenvalue weighted by Gasteiger charge is 2.20. The number of nitrogens with two attached hydrogens (primary N) is 1. The molecule has 1 aromatic rings. The van der Waals surface area contributed by atoms with Crippen LogP contribution < -0.4 is 5.73 Å². The lowest BCUT2D eigenvalue weighted by Gasteiger charge is -2.15. The summed E-state index contributed by atoms with van der Waals surface area (Å²) in [4.78, 5) is 20.7. The average Bonchev–Trinajstić information content (AvgIpc) is 2.63. The van der Waals surface area contributed by atoms with E-state index >= 15 is 0 Å². The number of aromatic nitrogens is 1. The summed E-state index contributed by atoms with van der Waals surface area (Å²) in [6, 6.07) is 0. The van der Waals surface area contributed by atoms with Crippen LogP contribution in [0.2, 0.25) is 0 Å². The van der Waals surface area contributed by atoms with Crippen molar-refractivity contribution >= 4 is 28.1 Å². The minimum Gasteiger partial charge on any atom is -0.464 e. The van der Waals surface area contributed by atoms with Crippen molar-refractivity contribution < 1.29 is 14.4 Å². The molecule has 0 aliphatic heterocycles. The van der Waals surface area contributed by atoms with Gasteiger partial charge in [0.15, 0.2) is 5.13 Å². The van der Waals surface area contributed by atoms with Crippen LogP contribution in [0.1, 0.15) is 26.5 Å². The first-order valence-electron chi connectivity index (χ1n) is 4.89. The van der Waals surface area contributed by atoms with Gasteiger partial charge in [0, 0.05) is 5.38 Å². The van der Waals surface area contributed by atoms with Gasteiger partial charge in [0.25, 0.3) is 0 Å². The van der Waals surface area contributed by atoms with E-state index < -0.39 is 11.6 Å². The van der Waals surface area contributed by atoms with E-state index in [4.69, 9.17) is 10.6 Å². The summed E-state index contributed by atoms with van der Waals surface area (Å²) in [6.07, 6.45) is 0. The number of oxime groups is 1. The fourth-order valence-corrected chi connectivity index (χ4v) is 1.41. The zero-order chi connectivity index (χ0) is 13.1. The van der Waals surface area contributed by atoms with Crippen molar-refractivity contribution in [1.29, 1.82) is 0 Å². The Balaban J connectivity index is 3.00. The van der Waals surface area contributed by atoms with Gasteiger partial charge in [-0.25, -0.2) is 9.78 Å². The molecule has 1 aromatic heterocycles. The van der Waals surface area contributed by atoms with Crippen molar-refractivity contribution in [2.75, 3.05) is 12.8 Å². The quantitative estimate of drug-likeness (QED) is 0.502. The zero-order valence-corrected chi connectivity index (χ0v) is 11.0. The minimum absolute atomic E-state index is 0.00961. The van der Waals surface area contributed by atoms with Crippen LogP contribution in [0.4, 0.5) is 5.13 Å². The van der Waals surface area contributed by atoms with Crippen LogP contribution in [0.25, 0.3) is 0 Å². The van der Waals surface area contributed by atoms with Gasteiger partial charge in [0.2, 0.25) is 5.71 Å². The largest absolute Gasteiger partial charge is 0.464 e. The first-order valence-corrected chi connectivity index (χ1v) is 5.77. The number of nitrogen functional groups attached to an aromatic ring is 1. The number of thiazole rings is 1. The van der Waals surface area contributed by atoms with Gasteiger partial charge >= 0.3 is 5.97 Å². The Bertz CT molecular complexity index is 434. The molecule has 0 saturated carbocycles. The Hall–Kier alpha value is -1.63. The number of ether oxygens (including phenoxy) is 1. The van der Waals surface area contributed by atoms with Crippen molar-refractivity contribution in [3.05, 3.63) is 11.1 Å². The van der Waals surface area contributed by atoms with E-state index in [-0.39, 0.29) is 5.71 Å². The third kappa shape index (κ3) is 4.03. The highest BCUT2D eigenvalue weighted by Crippen LogP contribution is 2.14. The number of hydrogen-bond donors (Lipinski definition) is 1. The third-order valence-electron chi connectivity index (χ3n) is 1.55. The van der Waals surface area contributed by atoms with E-state index in [0.717, 1.165) is 0 Å². The molecule has 0 bridgehead atoms. The monoisotopic (exact) mass is 257 g/mol. The van der Waals surface area contributed by atoms with Crippen molar-refractivity contribution in [3.63, 3.8) is 0 Å². The average molecular weight is 257 g/mol. The highest BCUT2D eigenvalue weighted by atomic mass is 32.1. The molecule has 0 spiro atoms. The number of esters is 1. The molecule has 6 nitrogen and oxygen atoms in total. The molecule has 7 heteroatoms. The Morgan fingerprint density at radius 3 is 2.59 bits per heavy atom. The van der Waals surface area contributed by atoms with Crippen molar-refractivity contribution in [1.82, 2.24) is 4.98 Å². The van der Waals surface area contributed by atoms with Crippen LogP contribution in [0.5, 0.6) is 0 Å². The second kappa shape index (κ2) is 5.13. The van der Waals surface area contributed by atoms with Crippen molar-refractivity contribution in [2.24, 2.45) is 5.16 Å². The molecule has 94 valence electrons. The van der Waals surface area contributed by atoms with E-state index in [2.05, 4.69) is 14.9 Å². The first kappa shape index (κ1) is 13.4. The smallest absolute Gasteiger partial charge is 0.362 e. The molecule has 17 heavy (non-hydrogen) atoms. The Morgan fingerprint density at radius 1 is 1.53 bits per heavy atom. The molecule has 0 saturated heterocycles. The molecule has 1 rings (SSSR count). The van der Waals surface area contributed by atoms with Crippen LogP contribution in [0.3, 0.4) is 0 Å². The Morgan fingerprint density at radius 2 is 2.18 bits per heavy atom. The molecule has 2 N–H and O–H groups in total. The lowest BCUT2D eigenvalue weighted by atomic mass is 10.2. The topological polar surface area (TPSA) is 86.8 Å². The predicted octanol–water partition coefficient (Wildman–Crippen LogP) is 1.42. The molecular weight excluding hydrogens is 242 g/mol. The van der Waals surface area contributed by atoms with Crippen LogP contribution >= 0.6 is 11.3 Å². The van der Waals surface area contributed by atoms with Crippen molar-refractivity contribution in [2.45, 2.75) is 26.4 Å². The van der Waals surface area contributed by atoms with Crippen LogP contribution in [0.15, 0.2) is 10.5 Å². The Kier molecular flexibility index (Phi) is 4.06. The van der Waals surface area contributed by atoms with Gasteiger partial charge in [-0.1, -0.05) is 5.16 Å². The molecule has 0 unspecified atom stereocenters. The van der Waals surface area contributed by atoms with Crippen LogP contribution in [0, 0.1) is 0 Å². The first-order chi connectivity index (χ1) is 7.83. The maximum absolute atomic E-state index is 11.5. The summed E-state index contributed by atoms with van der Waals surface area (Å²) in [5, 5.41) is 5.76. The number of hydrogen-bond acceptors (Lipinski definition) is 7. The van der Waals surface area contributed by atoms with E-state index in [1.54, 1.807) is 5.38 Å². The summed E-state index contributed by atoms with van der Waals surface area (Å²) < 4.78 is 4.62. The standard InChI is InChI=1S/C10H15N3O3S/c1-10(2,3)16-13-7(8(14)15-4)6-5-17-9(11)12-6/h5H,1-4H3,(H2,11,12). The zero-order valence-electron chi connectivity index (χ0n) is 10.2. The normalized spacial score (nSPS) is 12.4. The van der Waals surface area contributed by atoms with Gasteiger partial charge in [-0.05, 0) is 20.8 Å².